The van der Waals surface area contributed by atoms with Gasteiger partial charge in [-0.15, -0.1) is 9.24 Å². The van der Waals surface area contributed by atoms with Crippen LogP contribution >= 0.6 is 9.24 Å². The molecule has 0 heterocycles. The number of fused-ring (bicyclic) bond motifs is 6. The topological polar surface area (TPSA) is 0 Å². The van der Waals surface area contributed by atoms with Crippen LogP contribution in [0.15, 0.2) is 91.0 Å². The highest BCUT2D eigenvalue weighted by molar-refractivity contribution is 7.28. The molecule has 0 aliphatic rings. The fourth-order valence-electron chi connectivity index (χ4n) is 4.30. The minimum absolute atomic E-state index is 1.25. The molecule has 126 valence electrons. The third-order valence-corrected chi connectivity index (χ3v) is 6.19. The fraction of sp³-hybridized carbons (Fsp3) is 0. The quantitative estimate of drug-likeness (QED) is 0.156. The summed E-state index contributed by atoms with van der Waals surface area (Å²) in [5, 5.41) is 14.3. The van der Waals surface area contributed by atoms with Crippen LogP contribution in [0.25, 0.3) is 53.9 Å². The average molecular weight is 360 g/mol. The Morgan fingerprint density at radius 3 is 1.63 bits per heavy atom. The Bertz CT molecular complexity index is 1530. The minimum Gasteiger partial charge on any atom is -0.105 e. The van der Waals surface area contributed by atoms with Gasteiger partial charge in [-0.2, -0.15) is 0 Å². The summed E-state index contributed by atoms with van der Waals surface area (Å²) in [6, 6.07) is 33.5. The lowest BCUT2D eigenvalue weighted by molar-refractivity contribution is 1.79. The normalized spacial score (nSPS) is 11.9. The van der Waals surface area contributed by atoms with Gasteiger partial charge in [0.25, 0.3) is 0 Å². The van der Waals surface area contributed by atoms with Crippen molar-refractivity contribution in [3.05, 3.63) is 91.0 Å². The van der Waals surface area contributed by atoms with Gasteiger partial charge in [-0.1, -0.05) is 54.6 Å². The van der Waals surface area contributed by atoms with Crippen molar-refractivity contribution in [3.8, 4) is 0 Å². The van der Waals surface area contributed by atoms with E-state index in [-0.39, 0.29) is 0 Å². The molecule has 6 aromatic rings. The summed E-state index contributed by atoms with van der Waals surface area (Å²) >= 11 is 0. The van der Waals surface area contributed by atoms with Gasteiger partial charge in [-0.25, -0.2) is 0 Å². The predicted molar refractivity (Wildman–Crippen MR) is 123 cm³/mol. The van der Waals surface area contributed by atoms with Crippen molar-refractivity contribution in [3.63, 3.8) is 0 Å². The Morgan fingerprint density at radius 1 is 0.370 bits per heavy atom. The SMILES string of the molecule is Pc1cccc2cc3ccc4cc5cc6ccccc6cc5cc4c3cc12. The van der Waals surface area contributed by atoms with E-state index in [1.165, 1.54) is 59.2 Å². The van der Waals surface area contributed by atoms with Gasteiger partial charge >= 0.3 is 0 Å². The van der Waals surface area contributed by atoms with Gasteiger partial charge in [0.1, 0.15) is 0 Å². The van der Waals surface area contributed by atoms with Crippen molar-refractivity contribution in [2.45, 2.75) is 0 Å². The van der Waals surface area contributed by atoms with Crippen LogP contribution in [-0.4, -0.2) is 0 Å². The van der Waals surface area contributed by atoms with Crippen molar-refractivity contribution in [2.75, 3.05) is 0 Å². The monoisotopic (exact) mass is 360 g/mol. The van der Waals surface area contributed by atoms with Gasteiger partial charge in [-0.3, -0.25) is 0 Å². The van der Waals surface area contributed by atoms with Gasteiger partial charge in [-0.05, 0) is 95.6 Å². The van der Waals surface area contributed by atoms with Crippen LogP contribution < -0.4 is 5.30 Å². The van der Waals surface area contributed by atoms with Crippen LogP contribution in [0.1, 0.15) is 0 Å². The Kier molecular flexibility index (Phi) is 3.10. The van der Waals surface area contributed by atoms with Gasteiger partial charge in [0.2, 0.25) is 0 Å². The molecule has 1 atom stereocenters. The molecule has 0 aromatic heterocycles. The second-order valence-electron chi connectivity index (χ2n) is 7.33. The zero-order valence-corrected chi connectivity index (χ0v) is 15.9. The first-order valence-electron chi connectivity index (χ1n) is 9.23. The third-order valence-electron chi connectivity index (χ3n) is 5.69. The van der Waals surface area contributed by atoms with Gasteiger partial charge in [0.15, 0.2) is 0 Å². The molecule has 0 amide bonds. The molecule has 0 radical (unpaired) electrons. The zero-order chi connectivity index (χ0) is 18.0. The molecule has 27 heavy (non-hydrogen) atoms. The summed E-state index contributed by atoms with van der Waals surface area (Å²) in [4.78, 5) is 0. The first-order valence-corrected chi connectivity index (χ1v) is 9.81. The van der Waals surface area contributed by atoms with Crippen molar-refractivity contribution < 1.29 is 0 Å². The Labute approximate surface area is 159 Å². The molecule has 6 aromatic carbocycles. The smallest absolute Gasteiger partial charge is 0.00986 e. The lowest BCUT2D eigenvalue weighted by Crippen LogP contribution is -1.92. The van der Waals surface area contributed by atoms with E-state index in [4.69, 9.17) is 0 Å². The first-order chi connectivity index (χ1) is 13.3. The molecule has 0 saturated carbocycles. The summed E-state index contributed by atoms with van der Waals surface area (Å²) in [5.41, 5.74) is 0. The third kappa shape index (κ3) is 2.27. The maximum absolute atomic E-state index is 2.87. The van der Waals surface area contributed by atoms with E-state index in [9.17, 15) is 0 Å². The van der Waals surface area contributed by atoms with E-state index < -0.39 is 0 Å². The van der Waals surface area contributed by atoms with Crippen molar-refractivity contribution in [1.29, 1.82) is 0 Å². The number of benzene rings is 6. The van der Waals surface area contributed by atoms with Gasteiger partial charge in [0, 0.05) is 0 Å². The van der Waals surface area contributed by atoms with Crippen LogP contribution in [0.3, 0.4) is 0 Å². The van der Waals surface area contributed by atoms with E-state index in [2.05, 4.69) is 100 Å². The summed E-state index contributed by atoms with van der Waals surface area (Å²) in [5.74, 6) is 0. The second-order valence-corrected chi connectivity index (χ2v) is 7.95. The Hall–Kier alpha value is -2.95. The molecule has 0 nitrogen and oxygen atoms in total. The summed E-state index contributed by atoms with van der Waals surface area (Å²) in [6.45, 7) is 0. The van der Waals surface area contributed by atoms with Crippen LogP contribution in [0, 0.1) is 0 Å². The first kappa shape index (κ1) is 15.1. The molecule has 1 heteroatoms. The van der Waals surface area contributed by atoms with E-state index in [1.807, 2.05) is 0 Å². The molecule has 0 saturated heterocycles. The molecule has 0 aliphatic heterocycles. The van der Waals surface area contributed by atoms with Crippen LogP contribution in [0.4, 0.5) is 0 Å². The molecule has 0 N–H and O–H groups in total. The highest BCUT2D eigenvalue weighted by atomic mass is 31.0. The second kappa shape index (κ2) is 5.52. The molecular weight excluding hydrogens is 343 g/mol. The molecule has 0 aliphatic carbocycles. The van der Waals surface area contributed by atoms with Crippen molar-refractivity contribution in [1.82, 2.24) is 0 Å². The molecule has 6 rings (SSSR count). The van der Waals surface area contributed by atoms with E-state index >= 15 is 0 Å². The summed E-state index contributed by atoms with van der Waals surface area (Å²) < 4.78 is 0. The summed E-state index contributed by atoms with van der Waals surface area (Å²) in [6.07, 6.45) is 0. The Morgan fingerprint density at radius 2 is 0.889 bits per heavy atom. The molecule has 0 spiro atoms. The molecule has 0 bridgehead atoms. The standard InChI is InChI=1S/C26H17P/c27-26-7-3-6-18-12-19-8-9-20-13-21-10-16-4-1-2-5-17(16)11-22(21)14-23(20)24(19)15-25(18)26/h1-15H,27H2. The molecule has 1 unspecified atom stereocenters. The van der Waals surface area contributed by atoms with Crippen LogP contribution in [-0.2, 0) is 0 Å². The lowest BCUT2D eigenvalue weighted by atomic mass is 9.95. The summed E-state index contributed by atoms with van der Waals surface area (Å²) in [7, 11) is 2.87. The van der Waals surface area contributed by atoms with Gasteiger partial charge in [0.05, 0.1) is 0 Å². The number of rotatable bonds is 0. The maximum Gasteiger partial charge on any atom is -0.00986 e. The van der Waals surface area contributed by atoms with Crippen LogP contribution in [0.2, 0.25) is 0 Å². The Balaban J connectivity index is 1.78. The van der Waals surface area contributed by atoms with E-state index in [1.54, 1.807) is 0 Å². The van der Waals surface area contributed by atoms with Crippen molar-refractivity contribution in [2.24, 2.45) is 0 Å². The van der Waals surface area contributed by atoms with Gasteiger partial charge < -0.3 is 0 Å². The predicted octanol–water partition coefficient (Wildman–Crippen LogP) is 6.95. The minimum atomic E-state index is 1.25. The zero-order valence-electron chi connectivity index (χ0n) is 14.7. The maximum atomic E-state index is 2.87. The average Bonchev–Trinajstić information content (AvgIpc) is 2.70. The molecule has 0 fully saturated rings. The van der Waals surface area contributed by atoms with E-state index in [0.29, 0.717) is 0 Å². The van der Waals surface area contributed by atoms with Crippen LogP contribution in [0.5, 0.6) is 0 Å². The largest absolute Gasteiger partial charge is 0.105 e. The number of hydrogen-bond acceptors (Lipinski definition) is 0. The van der Waals surface area contributed by atoms with E-state index in [0.717, 1.165) is 0 Å². The highest BCUT2D eigenvalue weighted by Crippen LogP contribution is 2.33. The number of hydrogen-bond donors (Lipinski definition) is 0. The van der Waals surface area contributed by atoms with Crippen molar-refractivity contribution >= 4 is 68.4 Å². The molecular formula is C26H17P. The lowest BCUT2D eigenvalue weighted by Gasteiger charge is -2.10. The highest BCUT2D eigenvalue weighted by Gasteiger charge is 2.07. The fourth-order valence-corrected chi connectivity index (χ4v) is 4.66.